The van der Waals surface area contributed by atoms with E-state index in [1.165, 1.54) is 13.8 Å². The molecule has 0 radical (unpaired) electrons. The van der Waals surface area contributed by atoms with Gasteiger partial charge in [-0.2, -0.15) is 0 Å². The van der Waals surface area contributed by atoms with Crippen molar-refractivity contribution in [3.63, 3.8) is 0 Å². The molecule has 0 aromatic carbocycles. The molecule has 8 heteroatoms. The van der Waals surface area contributed by atoms with Gasteiger partial charge in [0.1, 0.15) is 18.8 Å². The summed E-state index contributed by atoms with van der Waals surface area (Å²) in [7, 11) is 0. The fraction of sp³-hybridized carbons (Fsp3) is 0.750. The van der Waals surface area contributed by atoms with Crippen LogP contribution in [-0.4, -0.2) is 71.5 Å². The van der Waals surface area contributed by atoms with Crippen molar-refractivity contribution in [1.82, 2.24) is 4.90 Å². The first-order valence-electron chi connectivity index (χ1n) is 9.87. The Labute approximate surface area is 164 Å². The summed E-state index contributed by atoms with van der Waals surface area (Å²) in [5, 5.41) is 10.9. The normalized spacial score (nSPS) is 39.2. The highest BCUT2D eigenvalue weighted by atomic mass is 16.6. The lowest BCUT2D eigenvalue weighted by Crippen LogP contribution is -2.53. The van der Waals surface area contributed by atoms with Crippen LogP contribution in [0.2, 0.25) is 0 Å². The Morgan fingerprint density at radius 3 is 2.79 bits per heavy atom. The molecule has 0 bridgehead atoms. The molecule has 0 aliphatic carbocycles. The SMILES string of the molecule is CCC1C(=O)OC2CCN3CC=C(COC(=O)C(C)(O)C(C)C1OC(C)=O)C23. The van der Waals surface area contributed by atoms with Crippen molar-refractivity contribution in [2.45, 2.75) is 64.4 Å². The van der Waals surface area contributed by atoms with Gasteiger partial charge < -0.3 is 19.3 Å². The van der Waals surface area contributed by atoms with Gasteiger partial charge in [0, 0.05) is 25.9 Å². The van der Waals surface area contributed by atoms with E-state index in [0.717, 1.165) is 12.1 Å². The van der Waals surface area contributed by atoms with Crippen LogP contribution >= 0.6 is 0 Å². The van der Waals surface area contributed by atoms with Crippen molar-refractivity contribution in [3.05, 3.63) is 11.6 Å². The molecule has 28 heavy (non-hydrogen) atoms. The summed E-state index contributed by atoms with van der Waals surface area (Å²) in [5.41, 5.74) is -1.04. The average Bonchev–Trinajstić information content (AvgIpc) is 3.20. The van der Waals surface area contributed by atoms with E-state index in [2.05, 4.69) is 4.90 Å². The number of cyclic esters (lactones) is 1. The Morgan fingerprint density at radius 1 is 1.43 bits per heavy atom. The Hall–Kier alpha value is -1.93. The molecular formula is C20H29NO7. The van der Waals surface area contributed by atoms with Gasteiger partial charge in [-0.05, 0) is 25.3 Å². The van der Waals surface area contributed by atoms with E-state index in [1.54, 1.807) is 13.8 Å². The third-order valence-electron chi connectivity index (χ3n) is 6.29. The average molecular weight is 395 g/mol. The van der Waals surface area contributed by atoms with E-state index in [-0.39, 0.29) is 18.8 Å². The first-order valence-corrected chi connectivity index (χ1v) is 9.87. The molecule has 3 heterocycles. The molecule has 156 valence electrons. The Balaban J connectivity index is 1.98. The third-order valence-corrected chi connectivity index (χ3v) is 6.29. The van der Waals surface area contributed by atoms with E-state index in [4.69, 9.17) is 14.2 Å². The van der Waals surface area contributed by atoms with Crippen molar-refractivity contribution < 1.29 is 33.7 Å². The molecule has 3 rings (SSSR count). The second kappa shape index (κ2) is 7.83. The predicted octanol–water partition coefficient (Wildman–Crippen LogP) is 0.814. The largest absolute Gasteiger partial charge is 0.461 e. The van der Waals surface area contributed by atoms with Crippen LogP contribution in [0.1, 0.15) is 40.5 Å². The predicted molar refractivity (Wildman–Crippen MR) is 98.0 cm³/mol. The maximum absolute atomic E-state index is 13.0. The summed E-state index contributed by atoms with van der Waals surface area (Å²) in [5.74, 6) is -3.51. The number of aliphatic hydroxyl groups is 1. The number of rotatable bonds is 2. The number of carbonyl (C=O) groups is 3. The highest BCUT2D eigenvalue weighted by Gasteiger charge is 2.50. The summed E-state index contributed by atoms with van der Waals surface area (Å²) >= 11 is 0. The van der Waals surface area contributed by atoms with E-state index in [1.807, 2.05) is 6.08 Å². The monoisotopic (exact) mass is 395 g/mol. The van der Waals surface area contributed by atoms with Crippen LogP contribution < -0.4 is 0 Å². The van der Waals surface area contributed by atoms with E-state index in [9.17, 15) is 19.5 Å². The van der Waals surface area contributed by atoms with Gasteiger partial charge in [0.2, 0.25) is 0 Å². The molecule has 1 N–H and O–H groups in total. The minimum absolute atomic E-state index is 0.0341. The highest BCUT2D eigenvalue weighted by molar-refractivity contribution is 5.80. The van der Waals surface area contributed by atoms with Gasteiger partial charge in [-0.1, -0.05) is 19.9 Å². The van der Waals surface area contributed by atoms with Crippen LogP contribution in [0.25, 0.3) is 0 Å². The molecule has 3 aliphatic heterocycles. The molecule has 8 nitrogen and oxygen atoms in total. The zero-order chi connectivity index (χ0) is 20.6. The van der Waals surface area contributed by atoms with Crippen molar-refractivity contribution >= 4 is 17.9 Å². The summed E-state index contributed by atoms with van der Waals surface area (Å²) in [6.45, 7) is 7.46. The lowest BCUT2D eigenvalue weighted by molar-refractivity contribution is -0.187. The minimum atomic E-state index is -1.93. The Bertz CT molecular complexity index is 686. The summed E-state index contributed by atoms with van der Waals surface area (Å²) in [4.78, 5) is 39.5. The molecule has 0 spiro atoms. The topological polar surface area (TPSA) is 102 Å². The van der Waals surface area contributed by atoms with Gasteiger partial charge in [0.15, 0.2) is 5.60 Å². The van der Waals surface area contributed by atoms with Crippen molar-refractivity contribution in [2.75, 3.05) is 19.7 Å². The van der Waals surface area contributed by atoms with E-state index in [0.29, 0.717) is 19.4 Å². The van der Waals surface area contributed by atoms with E-state index >= 15 is 0 Å². The molecule has 0 saturated carbocycles. The maximum Gasteiger partial charge on any atom is 0.338 e. The minimum Gasteiger partial charge on any atom is -0.461 e. The third kappa shape index (κ3) is 3.67. The second-order valence-corrected chi connectivity index (χ2v) is 8.08. The van der Waals surface area contributed by atoms with Gasteiger partial charge in [0.05, 0.1) is 12.0 Å². The van der Waals surface area contributed by atoms with Crippen molar-refractivity contribution in [3.8, 4) is 0 Å². The molecule has 0 aromatic heterocycles. The molecule has 0 amide bonds. The fourth-order valence-corrected chi connectivity index (χ4v) is 4.42. The van der Waals surface area contributed by atoms with Gasteiger partial charge in [-0.15, -0.1) is 0 Å². The van der Waals surface area contributed by atoms with Crippen LogP contribution in [0.5, 0.6) is 0 Å². The first-order chi connectivity index (χ1) is 13.2. The summed E-state index contributed by atoms with van der Waals surface area (Å²) < 4.78 is 16.7. The summed E-state index contributed by atoms with van der Waals surface area (Å²) in [6.07, 6.45) is 1.69. The number of ether oxygens (including phenoxy) is 3. The van der Waals surface area contributed by atoms with Crippen LogP contribution in [0.3, 0.4) is 0 Å². The first kappa shape index (κ1) is 20.8. The van der Waals surface area contributed by atoms with Gasteiger partial charge in [0.25, 0.3) is 0 Å². The quantitative estimate of drug-likeness (QED) is 0.416. The molecule has 0 aromatic rings. The molecule has 3 aliphatic rings. The fourth-order valence-electron chi connectivity index (χ4n) is 4.42. The van der Waals surface area contributed by atoms with Crippen molar-refractivity contribution in [1.29, 1.82) is 0 Å². The van der Waals surface area contributed by atoms with Gasteiger partial charge in [-0.3, -0.25) is 14.5 Å². The molecule has 2 fully saturated rings. The molecule has 6 unspecified atom stereocenters. The van der Waals surface area contributed by atoms with Gasteiger partial charge >= 0.3 is 17.9 Å². The number of esters is 3. The Morgan fingerprint density at radius 2 is 2.14 bits per heavy atom. The van der Waals surface area contributed by atoms with Crippen LogP contribution in [0, 0.1) is 11.8 Å². The standard InChI is InChI=1S/C20H29NO7/c1-5-14-17(27-12(3)22)11(2)20(4,25)19(24)26-10-13-6-8-21-9-7-15(16(13)21)28-18(14)23/h6,11,14-17,25H,5,7-10H2,1-4H3. The number of carbonyl (C=O) groups excluding carboxylic acids is 3. The second-order valence-electron chi connectivity index (χ2n) is 8.08. The molecule has 2 saturated heterocycles. The van der Waals surface area contributed by atoms with Gasteiger partial charge in [-0.25, -0.2) is 4.79 Å². The van der Waals surface area contributed by atoms with Crippen molar-refractivity contribution in [2.24, 2.45) is 11.8 Å². The number of hydrogen-bond donors (Lipinski definition) is 1. The number of hydrogen-bond acceptors (Lipinski definition) is 8. The van der Waals surface area contributed by atoms with Crippen LogP contribution in [-0.2, 0) is 28.6 Å². The lowest BCUT2D eigenvalue weighted by Gasteiger charge is -2.37. The zero-order valence-corrected chi connectivity index (χ0v) is 16.8. The van der Waals surface area contributed by atoms with E-state index < -0.39 is 41.4 Å². The van der Waals surface area contributed by atoms with Crippen LogP contribution in [0.15, 0.2) is 11.6 Å². The smallest absolute Gasteiger partial charge is 0.338 e. The Kier molecular flexibility index (Phi) is 5.82. The highest BCUT2D eigenvalue weighted by Crippen LogP contribution is 2.36. The molecular weight excluding hydrogens is 366 g/mol. The summed E-state index contributed by atoms with van der Waals surface area (Å²) in [6, 6.07) is -0.122. The maximum atomic E-state index is 13.0. The lowest BCUT2D eigenvalue weighted by atomic mass is 9.79. The zero-order valence-electron chi connectivity index (χ0n) is 16.8. The number of nitrogens with zero attached hydrogens (tertiary/aromatic N) is 1. The van der Waals surface area contributed by atoms with Crippen LogP contribution in [0.4, 0.5) is 0 Å². The molecule has 6 atom stereocenters.